The highest BCUT2D eigenvalue weighted by atomic mass is 19.1. The van der Waals surface area contributed by atoms with E-state index in [1.54, 1.807) is 45.4 Å². The van der Waals surface area contributed by atoms with Gasteiger partial charge in [0.1, 0.15) is 23.1 Å². The van der Waals surface area contributed by atoms with Crippen LogP contribution in [0.25, 0.3) is 11.5 Å². The Bertz CT molecular complexity index is 1000. The summed E-state index contributed by atoms with van der Waals surface area (Å²) in [5.41, 5.74) is 1.73. The third-order valence-corrected chi connectivity index (χ3v) is 4.54. The fourth-order valence-corrected chi connectivity index (χ4v) is 2.95. The summed E-state index contributed by atoms with van der Waals surface area (Å²) in [5, 5.41) is 2.87. The van der Waals surface area contributed by atoms with Crippen molar-refractivity contribution < 1.29 is 23.1 Å². The fourth-order valence-electron chi connectivity index (χ4n) is 2.95. The lowest BCUT2D eigenvalue weighted by molar-refractivity contribution is -0.120. The molecule has 1 heterocycles. The van der Waals surface area contributed by atoms with E-state index in [0.29, 0.717) is 35.9 Å². The van der Waals surface area contributed by atoms with E-state index in [-0.39, 0.29) is 23.8 Å². The van der Waals surface area contributed by atoms with E-state index in [1.165, 1.54) is 6.07 Å². The zero-order valence-electron chi connectivity index (χ0n) is 16.6. The Hall–Kier alpha value is -3.35. The standard InChI is InChI=1S/C22H23FN2O4/c1-14-19(25-22(29-14)17-6-4-5-7-18(17)23)13-21(26)24-11-10-15-8-9-16(27-2)12-20(15)28-3/h4-9,12H,10-11,13H2,1-3H3,(H,24,26). The van der Waals surface area contributed by atoms with Crippen molar-refractivity contribution in [3.63, 3.8) is 0 Å². The molecule has 152 valence electrons. The normalized spacial score (nSPS) is 10.6. The van der Waals surface area contributed by atoms with Crippen molar-refractivity contribution in [2.45, 2.75) is 19.8 Å². The van der Waals surface area contributed by atoms with Gasteiger partial charge in [0, 0.05) is 12.6 Å². The molecule has 6 nitrogen and oxygen atoms in total. The Kier molecular flexibility index (Phi) is 6.49. The number of rotatable bonds is 8. The second kappa shape index (κ2) is 9.23. The van der Waals surface area contributed by atoms with Crippen LogP contribution in [0.4, 0.5) is 4.39 Å². The molecule has 3 rings (SSSR count). The van der Waals surface area contributed by atoms with E-state index in [1.807, 2.05) is 12.1 Å². The third-order valence-electron chi connectivity index (χ3n) is 4.54. The van der Waals surface area contributed by atoms with Crippen LogP contribution in [0.5, 0.6) is 11.5 Å². The topological polar surface area (TPSA) is 73.6 Å². The van der Waals surface area contributed by atoms with Crippen molar-refractivity contribution in [2.24, 2.45) is 0 Å². The molecule has 0 bridgehead atoms. The minimum Gasteiger partial charge on any atom is -0.497 e. The van der Waals surface area contributed by atoms with E-state index in [0.717, 1.165) is 5.56 Å². The van der Waals surface area contributed by atoms with E-state index in [2.05, 4.69) is 10.3 Å². The highest BCUT2D eigenvalue weighted by Crippen LogP contribution is 2.25. The van der Waals surface area contributed by atoms with Crippen LogP contribution in [0.15, 0.2) is 46.9 Å². The molecule has 29 heavy (non-hydrogen) atoms. The lowest BCUT2D eigenvalue weighted by Gasteiger charge is -2.11. The number of halogens is 1. The molecule has 0 saturated heterocycles. The van der Waals surface area contributed by atoms with Crippen molar-refractivity contribution in [3.8, 4) is 23.0 Å². The average molecular weight is 398 g/mol. The number of carbonyl (C=O) groups is 1. The lowest BCUT2D eigenvalue weighted by Crippen LogP contribution is -2.27. The highest BCUT2D eigenvalue weighted by Gasteiger charge is 2.17. The number of oxazole rings is 1. The number of aromatic nitrogens is 1. The first kappa shape index (κ1) is 20.4. The fraction of sp³-hybridized carbons (Fsp3) is 0.273. The second-order valence-electron chi connectivity index (χ2n) is 6.46. The van der Waals surface area contributed by atoms with E-state index in [9.17, 15) is 9.18 Å². The van der Waals surface area contributed by atoms with Crippen LogP contribution in [-0.2, 0) is 17.6 Å². The molecule has 0 aliphatic carbocycles. The molecule has 0 unspecified atom stereocenters. The third kappa shape index (κ3) is 4.93. The molecule has 0 saturated carbocycles. The van der Waals surface area contributed by atoms with Crippen LogP contribution in [0.1, 0.15) is 17.0 Å². The van der Waals surface area contributed by atoms with E-state index >= 15 is 0 Å². The predicted octanol–water partition coefficient (Wildman–Crippen LogP) is 3.71. The van der Waals surface area contributed by atoms with Gasteiger partial charge in [-0.25, -0.2) is 9.37 Å². The van der Waals surface area contributed by atoms with Crippen LogP contribution in [0.2, 0.25) is 0 Å². The van der Waals surface area contributed by atoms with Gasteiger partial charge >= 0.3 is 0 Å². The second-order valence-corrected chi connectivity index (χ2v) is 6.46. The minimum atomic E-state index is -0.418. The molecular formula is C22H23FN2O4. The Morgan fingerprint density at radius 3 is 2.69 bits per heavy atom. The van der Waals surface area contributed by atoms with Gasteiger partial charge in [-0.2, -0.15) is 0 Å². The number of nitrogens with zero attached hydrogens (tertiary/aromatic N) is 1. The maximum absolute atomic E-state index is 13.9. The number of ether oxygens (including phenoxy) is 2. The van der Waals surface area contributed by atoms with Gasteiger partial charge in [-0.05, 0) is 37.1 Å². The van der Waals surface area contributed by atoms with Gasteiger partial charge in [-0.3, -0.25) is 4.79 Å². The SMILES string of the molecule is COc1ccc(CCNC(=O)Cc2nc(-c3ccccc3F)oc2C)c(OC)c1. The first-order valence-electron chi connectivity index (χ1n) is 9.20. The summed E-state index contributed by atoms with van der Waals surface area (Å²) in [5.74, 6) is 1.48. The van der Waals surface area contributed by atoms with Gasteiger partial charge in [0.25, 0.3) is 0 Å². The molecule has 1 aromatic heterocycles. The van der Waals surface area contributed by atoms with Gasteiger partial charge in [0.2, 0.25) is 11.8 Å². The molecule has 0 aliphatic heterocycles. The van der Waals surface area contributed by atoms with E-state index in [4.69, 9.17) is 13.9 Å². The molecule has 0 aliphatic rings. The average Bonchev–Trinajstić information content (AvgIpc) is 3.08. The molecule has 0 radical (unpaired) electrons. The Morgan fingerprint density at radius 1 is 1.17 bits per heavy atom. The molecule has 2 aromatic carbocycles. The van der Waals surface area contributed by atoms with Gasteiger partial charge in [0.05, 0.1) is 31.9 Å². The summed E-state index contributed by atoms with van der Waals surface area (Å²) >= 11 is 0. The number of nitrogens with one attached hydrogen (secondary N) is 1. The zero-order chi connectivity index (χ0) is 20.8. The van der Waals surface area contributed by atoms with Crippen LogP contribution in [-0.4, -0.2) is 31.7 Å². The quantitative estimate of drug-likeness (QED) is 0.626. The molecular weight excluding hydrogens is 375 g/mol. The van der Waals surface area contributed by atoms with Gasteiger partial charge in [-0.1, -0.05) is 18.2 Å². The number of hydrogen-bond donors (Lipinski definition) is 1. The van der Waals surface area contributed by atoms with Crippen molar-refractivity contribution in [1.82, 2.24) is 10.3 Å². The van der Waals surface area contributed by atoms with Crippen molar-refractivity contribution in [1.29, 1.82) is 0 Å². The number of benzene rings is 2. The monoisotopic (exact) mass is 398 g/mol. The summed E-state index contributed by atoms with van der Waals surface area (Å²) in [6.45, 7) is 2.15. The molecule has 1 amide bonds. The maximum Gasteiger partial charge on any atom is 0.229 e. The smallest absolute Gasteiger partial charge is 0.229 e. The molecule has 0 atom stereocenters. The van der Waals surface area contributed by atoms with Gasteiger partial charge < -0.3 is 19.2 Å². The lowest BCUT2D eigenvalue weighted by atomic mass is 10.1. The number of hydrogen-bond acceptors (Lipinski definition) is 5. The molecule has 3 aromatic rings. The first-order valence-corrected chi connectivity index (χ1v) is 9.20. The van der Waals surface area contributed by atoms with Crippen molar-refractivity contribution in [2.75, 3.05) is 20.8 Å². The molecule has 1 N–H and O–H groups in total. The summed E-state index contributed by atoms with van der Waals surface area (Å²) in [6.07, 6.45) is 0.667. The van der Waals surface area contributed by atoms with Crippen LogP contribution in [0.3, 0.4) is 0 Å². The Morgan fingerprint density at radius 2 is 1.97 bits per heavy atom. The molecule has 7 heteroatoms. The van der Waals surface area contributed by atoms with Crippen LogP contribution < -0.4 is 14.8 Å². The van der Waals surface area contributed by atoms with Crippen LogP contribution >= 0.6 is 0 Å². The number of carbonyl (C=O) groups excluding carboxylic acids is 1. The summed E-state index contributed by atoms with van der Waals surface area (Å²) in [6, 6.07) is 11.8. The van der Waals surface area contributed by atoms with E-state index < -0.39 is 5.82 Å². The van der Waals surface area contributed by atoms with Crippen LogP contribution in [0, 0.1) is 12.7 Å². The van der Waals surface area contributed by atoms with Crippen molar-refractivity contribution in [3.05, 3.63) is 65.3 Å². The predicted molar refractivity (Wildman–Crippen MR) is 107 cm³/mol. The summed E-state index contributed by atoms with van der Waals surface area (Å²) in [7, 11) is 3.19. The molecule has 0 spiro atoms. The van der Waals surface area contributed by atoms with Gasteiger partial charge in [-0.15, -0.1) is 0 Å². The summed E-state index contributed by atoms with van der Waals surface area (Å²) in [4.78, 5) is 16.6. The number of aryl methyl sites for hydroxylation is 1. The van der Waals surface area contributed by atoms with Gasteiger partial charge in [0.15, 0.2) is 0 Å². The largest absolute Gasteiger partial charge is 0.497 e. The summed E-state index contributed by atoms with van der Waals surface area (Å²) < 4.78 is 30.0. The van der Waals surface area contributed by atoms with Crippen molar-refractivity contribution >= 4 is 5.91 Å². The maximum atomic E-state index is 13.9. The minimum absolute atomic E-state index is 0.0591. The zero-order valence-corrected chi connectivity index (χ0v) is 16.6. The first-order chi connectivity index (χ1) is 14.0. The Balaban J connectivity index is 1.59. The number of amides is 1. The Labute approximate surface area is 168 Å². The number of methoxy groups -OCH3 is 2. The molecule has 0 fully saturated rings. The highest BCUT2D eigenvalue weighted by molar-refractivity contribution is 5.78.